The van der Waals surface area contributed by atoms with E-state index in [0.29, 0.717) is 0 Å². The Kier molecular flexibility index (Phi) is 3.83. The minimum atomic E-state index is 1.10. The molecule has 0 saturated heterocycles. The van der Waals surface area contributed by atoms with Crippen LogP contribution in [0.15, 0.2) is 66.7 Å². The normalized spacial score (nSPS) is 10.8. The van der Waals surface area contributed by atoms with E-state index in [2.05, 4.69) is 89.3 Å². The van der Waals surface area contributed by atoms with Crippen LogP contribution in [0.3, 0.4) is 0 Å². The van der Waals surface area contributed by atoms with Gasteiger partial charge in [-0.1, -0.05) is 54.6 Å². The Morgan fingerprint density at radius 3 is 2.26 bits per heavy atom. The monoisotopic (exact) mass is 358 g/mol. The molecule has 0 atom stereocenters. The Morgan fingerprint density at radius 2 is 1.42 bits per heavy atom. The van der Waals surface area contributed by atoms with E-state index in [9.17, 15) is 0 Å². The van der Waals surface area contributed by atoms with Gasteiger partial charge in [0.05, 0.1) is 0 Å². The quantitative estimate of drug-likeness (QED) is 0.563. The molecular weight excluding hydrogens is 343 g/mol. The number of benzene rings is 3. The molecule has 0 fully saturated rings. The fraction of sp³-hybridized carbons (Fsp3) is 0.111. The van der Waals surface area contributed by atoms with Crippen LogP contribution in [-0.2, 0) is 12.8 Å². The zero-order chi connectivity index (χ0) is 13.1. The summed E-state index contributed by atoms with van der Waals surface area (Å²) in [7, 11) is 0. The molecule has 19 heavy (non-hydrogen) atoms. The van der Waals surface area contributed by atoms with Gasteiger partial charge in [-0.2, -0.15) is 0 Å². The SMILES string of the molecule is Ic1ccc(CCc2cccc3ccccc23)cc1. The van der Waals surface area contributed by atoms with E-state index in [-0.39, 0.29) is 0 Å². The molecule has 0 radical (unpaired) electrons. The number of hydrogen-bond donors (Lipinski definition) is 0. The summed E-state index contributed by atoms with van der Waals surface area (Å²) in [6.07, 6.45) is 2.20. The van der Waals surface area contributed by atoms with Crippen molar-refractivity contribution in [2.24, 2.45) is 0 Å². The van der Waals surface area contributed by atoms with E-state index < -0.39 is 0 Å². The lowest BCUT2D eigenvalue weighted by Gasteiger charge is -2.07. The minimum absolute atomic E-state index is 1.10. The Labute approximate surface area is 127 Å². The molecule has 0 nitrogen and oxygen atoms in total. The Balaban J connectivity index is 1.84. The first-order valence-electron chi connectivity index (χ1n) is 6.54. The highest BCUT2D eigenvalue weighted by atomic mass is 127. The topological polar surface area (TPSA) is 0 Å². The van der Waals surface area contributed by atoms with Crippen LogP contribution in [0.1, 0.15) is 11.1 Å². The molecule has 3 aromatic carbocycles. The molecule has 0 aliphatic heterocycles. The number of hydrogen-bond acceptors (Lipinski definition) is 0. The molecule has 94 valence electrons. The molecule has 0 bridgehead atoms. The van der Waals surface area contributed by atoms with Crippen LogP contribution in [0.5, 0.6) is 0 Å². The van der Waals surface area contributed by atoms with Crippen molar-refractivity contribution in [1.29, 1.82) is 0 Å². The van der Waals surface area contributed by atoms with Gasteiger partial charge in [-0.15, -0.1) is 0 Å². The van der Waals surface area contributed by atoms with Crippen molar-refractivity contribution in [1.82, 2.24) is 0 Å². The summed E-state index contributed by atoms with van der Waals surface area (Å²) >= 11 is 2.35. The molecular formula is C18H15I. The van der Waals surface area contributed by atoms with Gasteiger partial charge in [0.1, 0.15) is 0 Å². The maximum Gasteiger partial charge on any atom is 0.0130 e. The predicted molar refractivity (Wildman–Crippen MR) is 90.5 cm³/mol. The van der Waals surface area contributed by atoms with Crippen LogP contribution in [0.25, 0.3) is 10.8 Å². The summed E-state index contributed by atoms with van der Waals surface area (Å²) in [5.74, 6) is 0. The number of rotatable bonds is 3. The van der Waals surface area contributed by atoms with Crippen molar-refractivity contribution in [3.8, 4) is 0 Å². The van der Waals surface area contributed by atoms with Gasteiger partial charge in [0.2, 0.25) is 0 Å². The summed E-state index contributed by atoms with van der Waals surface area (Å²) in [6, 6.07) is 24.0. The molecule has 0 unspecified atom stereocenters. The van der Waals surface area contributed by atoms with Crippen LogP contribution < -0.4 is 0 Å². The van der Waals surface area contributed by atoms with Crippen molar-refractivity contribution in [2.75, 3.05) is 0 Å². The zero-order valence-corrected chi connectivity index (χ0v) is 12.8. The maximum atomic E-state index is 2.35. The average Bonchev–Trinajstić information content (AvgIpc) is 2.47. The second-order valence-corrected chi connectivity index (χ2v) is 6.01. The van der Waals surface area contributed by atoms with Crippen LogP contribution in [0.4, 0.5) is 0 Å². The van der Waals surface area contributed by atoms with Crippen LogP contribution >= 0.6 is 22.6 Å². The van der Waals surface area contributed by atoms with Gasteiger partial charge in [0.25, 0.3) is 0 Å². The van der Waals surface area contributed by atoms with Crippen molar-refractivity contribution in [3.63, 3.8) is 0 Å². The second kappa shape index (κ2) is 5.74. The Bertz CT molecular complexity index is 678. The van der Waals surface area contributed by atoms with Crippen molar-refractivity contribution in [3.05, 3.63) is 81.4 Å². The third-order valence-corrected chi connectivity index (χ3v) is 4.20. The minimum Gasteiger partial charge on any atom is -0.0616 e. The van der Waals surface area contributed by atoms with Gasteiger partial charge in [-0.3, -0.25) is 0 Å². The third-order valence-electron chi connectivity index (χ3n) is 3.48. The summed E-state index contributed by atoms with van der Waals surface area (Å²) in [4.78, 5) is 0. The van der Waals surface area contributed by atoms with E-state index in [0.717, 1.165) is 12.8 Å². The largest absolute Gasteiger partial charge is 0.0616 e. The van der Waals surface area contributed by atoms with Gasteiger partial charge < -0.3 is 0 Å². The first kappa shape index (κ1) is 12.7. The second-order valence-electron chi connectivity index (χ2n) is 4.76. The Hall–Kier alpha value is -1.35. The fourth-order valence-electron chi connectivity index (χ4n) is 2.44. The van der Waals surface area contributed by atoms with Crippen LogP contribution in [0, 0.1) is 3.57 Å². The third kappa shape index (κ3) is 2.98. The number of aryl methyl sites for hydroxylation is 2. The molecule has 0 saturated carbocycles. The lowest BCUT2D eigenvalue weighted by molar-refractivity contribution is 0.968. The molecule has 0 aliphatic carbocycles. The molecule has 3 rings (SSSR count). The molecule has 0 N–H and O–H groups in total. The van der Waals surface area contributed by atoms with E-state index in [4.69, 9.17) is 0 Å². The number of halogens is 1. The molecule has 0 amide bonds. The molecule has 0 aromatic heterocycles. The zero-order valence-electron chi connectivity index (χ0n) is 10.6. The van der Waals surface area contributed by atoms with Crippen LogP contribution in [-0.4, -0.2) is 0 Å². The van der Waals surface area contributed by atoms with Crippen molar-refractivity contribution in [2.45, 2.75) is 12.8 Å². The summed E-state index contributed by atoms with van der Waals surface area (Å²) < 4.78 is 1.30. The maximum absolute atomic E-state index is 2.35. The lowest BCUT2D eigenvalue weighted by Crippen LogP contribution is -1.92. The highest BCUT2D eigenvalue weighted by Crippen LogP contribution is 2.20. The summed E-state index contributed by atoms with van der Waals surface area (Å²) in [5.41, 5.74) is 2.85. The predicted octanol–water partition coefficient (Wildman–Crippen LogP) is 5.23. The highest BCUT2D eigenvalue weighted by Gasteiger charge is 2.01. The first-order valence-corrected chi connectivity index (χ1v) is 7.62. The molecule has 0 spiro atoms. The molecule has 3 aromatic rings. The van der Waals surface area contributed by atoms with E-state index >= 15 is 0 Å². The summed E-state index contributed by atoms with van der Waals surface area (Å²) in [6.45, 7) is 0. The van der Waals surface area contributed by atoms with E-state index in [1.165, 1.54) is 25.5 Å². The van der Waals surface area contributed by atoms with Gasteiger partial charge >= 0.3 is 0 Å². The van der Waals surface area contributed by atoms with E-state index in [1.54, 1.807) is 0 Å². The van der Waals surface area contributed by atoms with Gasteiger partial charge in [-0.25, -0.2) is 0 Å². The average molecular weight is 358 g/mol. The smallest absolute Gasteiger partial charge is 0.0130 e. The van der Waals surface area contributed by atoms with Crippen molar-refractivity contribution >= 4 is 33.4 Å². The lowest BCUT2D eigenvalue weighted by atomic mass is 9.99. The fourth-order valence-corrected chi connectivity index (χ4v) is 2.80. The molecule has 0 aliphatic rings. The molecule has 0 heterocycles. The van der Waals surface area contributed by atoms with Gasteiger partial charge in [0.15, 0.2) is 0 Å². The van der Waals surface area contributed by atoms with Crippen LogP contribution in [0.2, 0.25) is 0 Å². The highest BCUT2D eigenvalue weighted by molar-refractivity contribution is 14.1. The standard InChI is InChI=1S/C18H15I/c19-17-12-9-14(10-13-17)8-11-16-6-3-5-15-4-1-2-7-18(15)16/h1-7,9-10,12-13H,8,11H2. The number of fused-ring (bicyclic) bond motifs is 1. The molecule has 1 heteroatoms. The Morgan fingerprint density at radius 1 is 0.684 bits per heavy atom. The van der Waals surface area contributed by atoms with Gasteiger partial charge in [-0.05, 0) is 69.5 Å². The summed E-state index contributed by atoms with van der Waals surface area (Å²) in [5, 5.41) is 2.72. The van der Waals surface area contributed by atoms with Gasteiger partial charge in [0, 0.05) is 3.57 Å². The first-order chi connectivity index (χ1) is 9.33. The van der Waals surface area contributed by atoms with E-state index in [1.807, 2.05) is 0 Å². The van der Waals surface area contributed by atoms with Crippen molar-refractivity contribution < 1.29 is 0 Å².